The van der Waals surface area contributed by atoms with Gasteiger partial charge < -0.3 is 14.8 Å². The van der Waals surface area contributed by atoms with Crippen LogP contribution < -0.4 is 10.1 Å². The first kappa shape index (κ1) is 21.5. The molecule has 5 nitrogen and oxygen atoms in total. The van der Waals surface area contributed by atoms with Crippen LogP contribution in [0.3, 0.4) is 0 Å². The molecule has 0 heterocycles. The molecule has 3 rings (SSSR count). The molecule has 0 saturated carbocycles. The molecule has 0 aliphatic carbocycles. The predicted octanol–water partition coefficient (Wildman–Crippen LogP) is 5.20. The van der Waals surface area contributed by atoms with Gasteiger partial charge in [-0.15, -0.1) is 0 Å². The number of amides is 1. The van der Waals surface area contributed by atoms with Crippen molar-refractivity contribution in [2.75, 3.05) is 11.9 Å². The minimum atomic E-state index is -1.06. The quantitative estimate of drug-likeness (QED) is 0.480. The van der Waals surface area contributed by atoms with E-state index in [-0.39, 0.29) is 5.75 Å². The Labute approximate surface area is 182 Å². The lowest BCUT2D eigenvalue weighted by Gasteiger charge is -2.16. The van der Waals surface area contributed by atoms with Crippen molar-refractivity contribution in [1.82, 2.24) is 0 Å². The molecule has 0 aromatic heterocycles. The van der Waals surface area contributed by atoms with Gasteiger partial charge in [0, 0.05) is 15.7 Å². The Balaban J connectivity index is 1.58. The van der Waals surface area contributed by atoms with Crippen LogP contribution in [-0.4, -0.2) is 24.6 Å². The van der Waals surface area contributed by atoms with Crippen LogP contribution in [0.5, 0.6) is 5.75 Å². The molecule has 3 aromatic rings. The van der Waals surface area contributed by atoms with Gasteiger partial charge in [0.25, 0.3) is 5.91 Å². The smallest absolute Gasteiger partial charge is 0.344 e. The highest BCUT2D eigenvalue weighted by molar-refractivity contribution is 9.10. The number of hydrogen-bond donors (Lipinski definition) is 1. The maximum atomic E-state index is 13.7. The van der Waals surface area contributed by atoms with E-state index < -0.39 is 30.4 Å². The van der Waals surface area contributed by atoms with Crippen molar-refractivity contribution < 1.29 is 23.5 Å². The van der Waals surface area contributed by atoms with Gasteiger partial charge in [-0.3, -0.25) is 4.79 Å². The van der Waals surface area contributed by atoms with Crippen molar-refractivity contribution in [2.45, 2.75) is 13.0 Å². The normalized spacial score (nSPS) is 11.4. The van der Waals surface area contributed by atoms with Crippen molar-refractivity contribution in [3.8, 4) is 16.9 Å². The van der Waals surface area contributed by atoms with Crippen molar-refractivity contribution in [3.63, 3.8) is 0 Å². The number of benzene rings is 3. The predicted molar refractivity (Wildman–Crippen MR) is 116 cm³/mol. The van der Waals surface area contributed by atoms with E-state index in [4.69, 9.17) is 9.47 Å². The summed E-state index contributed by atoms with van der Waals surface area (Å²) in [6.07, 6.45) is -1.06. The summed E-state index contributed by atoms with van der Waals surface area (Å²) in [5.74, 6) is -1.96. The van der Waals surface area contributed by atoms with Crippen LogP contribution in [0.1, 0.15) is 6.92 Å². The third kappa shape index (κ3) is 5.67. The first-order valence-corrected chi connectivity index (χ1v) is 9.96. The van der Waals surface area contributed by atoms with Crippen LogP contribution in [0.4, 0.5) is 10.1 Å². The van der Waals surface area contributed by atoms with Gasteiger partial charge in [-0.2, -0.15) is 0 Å². The van der Waals surface area contributed by atoms with Crippen LogP contribution in [0, 0.1) is 5.82 Å². The molecule has 30 heavy (non-hydrogen) atoms. The summed E-state index contributed by atoms with van der Waals surface area (Å²) in [4.78, 5) is 24.5. The summed E-state index contributed by atoms with van der Waals surface area (Å²) in [7, 11) is 0. The Morgan fingerprint density at radius 1 is 1.03 bits per heavy atom. The highest BCUT2D eigenvalue weighted by Crippen LogP contribution is 2.27. The molecular weight excluding hydrogens is 453 g/mol. The minimum Gasteiger partial charge on any atom is -0.479 e. The average molecular weight is 472 g/mol. The molecule has 1 amide bonds. The van der Waals surface area contributed by atoms with Gasteiger partial charge in [0.15, 0.2) is 24.3 Å². The van der Waals surface area contributed by atoms with Crippen LogP contribution in [0.25, 0.3) is 11.1 Å². The van der Waals surface area contributed by atoms with Crippen LogP contribution in [-0.2, 0) is 14.3 Å². The van der Waals surface area contributed by atoms with Gasteiger partial charge in [-0.25, -0.2) is 9.18 Å². The molecule has 154 valence electrons. The number of ether oxygens (including phenoxy) is 2. The first-order chi connectivity index (χ1) is 14.4. The van der Waals surface area contributed by atoms with Gasteiger partial charge in [0.05, 0.1) is 0 Å². The SMILES string of the molecule is CC(OC(=O)COc1ccc(Br)cc1F)C(=O)Nc1ccccc1-c1ccccc1. The summed E-state index contributed by atoms with van der Waals surface area (Å²) >= 11 is 3.14. The Morgan fingerprint density at radius 3 is 2.47 bits per heavy atom. The molecule has 0 radical (unpaired) electrons. The van der Waals surface area contributed by atoms with E-state index in [0.717, 1.165) is 11.1 Å². The molecular formula is C23H19BrFNO4. The number of rotatable bonds is 7. The Bertz CT molecular complexity index is 1040. The molecule has 7 heteroatoms. The third-order valence-corrected chi connectivity index (χ3v) is 4.68. The molecule has 3 aromatic carbocycles. The molecule has 0 saturated heterocycles. The number of halogens is 2. The summed E-state index contributed by atoms with van der Waals surface area (Å²) in [5, 5.41) is 2.78. The van der Waals surface area contributed by atoms with Crippen molar-refractivity contribution in [3.05, 3.63) is 83.1 Å². The number of hydrogen-bond acceptors (Lipinski definition) is 4. The van der Waals surface area contributed by atoms with E-state index in [1.807, 2.05) is 42.5 Å². The van der Waals surface area contributed by atoms with Crippen molar-refractivity contribution >= 4 is 33.5 Å². The number of carbonyl (C=O) groups is 2. The number of para-hydroxylation sites is 1. The largest absolute Gasteiger partial charge is 0.479 e. The van der Waals surface area contributed by atoms with E-state index in [9.17, 15) is 14.0 Å². The lowest BCUT2D eigenvalue weighted by molar-refractivity contribution is -0.155. The zero-order valence-electron chi connectivity index (χ0n) is 16.1. The molecule has 1 unspecified atom stereocenters. The highest BCUT2D eigenvalue weighted by atomic mass is 79.9. The highest BCUT2D eigenvalue weighted by Gasteiger charge is 2.20. The second-order valence-electron chi connectivity index (χ2n) is 6.40. The van der Waals surface area contributed by atoms with Gasteiger partial charge in [-0.1, -0.05) is 64.5 Å². The average Bonchev–Trinajstić information content (AvgIpc) is 2.74. The molecule has 0 spiro atoms. The van der Waals surface area contributed by atoms with E-state index >= 15 is 0 Å². The number of esters is 1. The fourth-order valence-electron chi connectivity index (χ4n) is 2.71. The van der Waals surface area contributed by atoms with E-state index in [2.05, 4.69) is 21.2 Å². The summed E-state index contributed by atoms with van der Waals surface area (Å²) in [6, 6.07) is 21.2. The first-order valence-electron chi connectivity index (χ1n) is 9.16. The van der Waals surface area contributed by atoms with Gasteiger partial charge in [0.2, 0.25) is 0 Å². The fourth-order valence-corrected chi connectivity index (χ4v) is 3.04. The monoisotopic (exact) mass is 471 g/mol. The summed E-state index contributed by atoms with van der Waals surface area (Å²) in [5.41, 5.74) is 2.40. The number of nitrogens with one attached hydrogen (secondary N) is 1. The van der Waals surface area contributed by atoms with Crippen LogP contribution >= 0.6 is 15.9 Å². The van der Waals surface area contributed by atoms with Crippen LogP contribution in [0.15, 0.2) is 77.3 Å². The third-order valence-electron chi connectivity index (χ3n) is 4.19. The van der Waals surface area contributed by atoms with Crippen molar-refractivity contribution in [1.29, 1.82) is 0 Å². The second kappa shape index (κ2) is 10.0. The topological polar surface area (TPSA) is 64.6 Å². The van der Waals surface area contributed by atoms with E-state index in [1.165, 1.54) is 19.1 Å². The molecule has 0 aliphatic heterocycles. The Morgan fingerprint density at radius 2 is 1.73 bits per heavy atom. The maximum absolute atomic E-state index is 13.7. The Kier molecular flexibility index (Phi) is 7.19. The molecule has 0 fully saturated rings. The van der Waals surface area contributed by atoms with Gasteiger partial charge >= 0.3 is 5.97 Å². The molecule has 1 N–H and O–H groups in total. The zero-order valence-corrected chi connectivity index (χ0v) is 17.7. The number of carbonyl (C=O) groups excluding carboxylic acids is 2. The van der Waals surface area contributed by atoms with Gasteiger partial charge in [-0.05, 0) is 36.8 Å². The molecule has 1 atom stereocenters. The lowest BCUT2D eigenvalue weighted by atomic mass is 10.0. The zero-order chi connectivity index (χ0) is 21.5. The van der Waals surface area contributed by atoms with Crippen LogP contribution in [0.2, 0.25) is 0 Å². The molecule has 0 bridgehead atoms. The van der Waals surface area contributed by atoms with E-state index in [1.54, 1.807) is 18.2 Å². The summed E-state index contributed by atoms with van der Waals surface area (Å²) < 4.78 is 24.5. The maximum Gasteiger partial charge on any atom is 0.344 e. The lowest BCUT2D eigenvalue weighted by Crippen LogP contribution is -2.31. The standard InChI is InChI=1S/C23H19BrFNO4/c1-15(30-22(27)14-29-21-12-11-17(24)13-19(21)25)23(28)26-20-10-6-5-9-18(20)16-7-3-2-4-8-16/h2-13,15H,14H2,1H3,(H,26,28). The summed E-state index contributed by atoms with van der Waals surface area (Å²) in [6.45, 7) is 0.940. The van der Waals surface area contributed by atoms with Gasteiger partial charge in [0.1, 0.15) is 0 Å². The minimum absolute atomic E-state index is 0.0796. The fraction of sp³-hybridized carbons (Fsp3) is 0.130. The second-order valence-corrected chi connectivity index (χ2v) is 7.31. The number of anilines is 1. The Hall–Kier alpha value is -3.19. The van der Waals surface area contributed by atoms with Crippen molar-refractivity contribution in [2.24, 2.45) is 0 Å². The van der Waals surface area contributed by atoms with E-state index in [0.29, 0.717) is 10.2 Å². The molecule has 0 aliphatic rings.